The summed E-state index contributed by atoms with van der Waals surface area (Å²) in [5, 5.41) is 18.2. The van der Waals surface area contributed by atoms with Crippen LogP contribution in [0.25, 0.3) is 0 Å². The van der Waals surface area contributed by atoms with Crippen LogP contribution in [0.3, 0.4) is 0 Å². The summed E-state index contributed by atoms with van der Waals surface area (Å²) in [6.07, 6.45) is -0.849. The second-order valence-electron chi connectivity index (χ2n) is 3.71. The molecule has 0 spiro atoms. The van der Waals surface area contributed by atoms with Crippen LogP contribution in [0.5, 0.6) is 0 Å². The summed E-state index contributed by atoms with van der Waals surface area (Å²) >= 11 is 0. The first kappa shape index (κ1) is 7.25. The van der Waals surface area contributed by atoms with Gasteiger partial charge in [-0.2, -0.15) is 0 Å². The fraction of sp³-hybridized carbons (Fsp3) is 1.00. The maximum absolute atomic E-state index is 9.12. The van der Waals surface area contributed by atoms with E-state index >= 15 is 0 Å². The van der Waals surface area contributed by atoms with E-state index in [9.17, 15) is 0 Å². The lowest BCUT2D eigenvalue weighted by molar-refractivity contribution is 0.0542. The normalized spacial score (nSPS) is 41.3. The number of rotatable bonds is 0. The predicted octanol–water partition coefficient (Wildman–Crippen LogP) is 0.430. The average Bonchev–Trinajstić information content (AvgIpc) is 1.79. The number of aliphatic hydroxyl groups is 2. The zero-order valence-electron chi connectivity index (χ0n) is 5.96. The molecule has 0 aromatic heterocycles. The lowest BCUT2D eigenvalue weighted by Crippen LogP contribution is -2.20. The molecule has 0 aliphatic carbocycles. The molecular weight excluding hydrogens is 132 g/mol. The lowest BCUT2D eigenvalue weighted by Gasteiger charge is -2.11. The van der Waals surface area contributed by atoms with Gasteiger partial charge >= 0.3 is 0 Å². The maximum Gasteiger partial charge on any atom is 0.0773 e. The highest BCUT2D eigenvalue weighted by Gasteiger charge is 2.38. The molecule has 2 atom stereocenters. The summed E-state index contributed by atoms with van der Waals surface area (Å²) in [6, 6.07) is 1.74. The van der Waals surface area contributed by atoms with Crippen LogP contribution in [0.2, 0.25) is 25.2 Å². The molecule has 1 heterocycles. The summed E-state index contributed by atoms with van der Waals surface area (Å²) in [5.41, 5.74) is 0. The van der Waals surface area contributed by atoms with Gasteiger partial charge in [0.15, 0.2) is 0 Å². The molecule has 1 aliphatic rings. The highest BCUT2D eigenvalue weighted by atomic mass is 28.3. The van der Waals surface area contributed by atoms with Gasteiger partial charge in [0.2, 0.25) is 0 Å². The highest BCUT2D eigenvalue weighted by Crippen LogP contribution is 2.29. The Morgan fingerprint density at radius 3 is 1.56 bits per heavy atom. The van der Waals surface area contributed by atoms with Gasteiger partial charge in [0, 0.05) is 0 Å². The van der Waals surface area contributed by atoms with Gasteiger partial charge in [0.05, 0.1) is 20.3 Å². The first-order chi connectivity index (χ1) is 4.01. The van der Waals surface area contributed by atoms with Gasteiger partial charge in [0.1, 0.15) is 0 Å². The van der Waals surface area contributed by atoms with Crippen molar-refractivity contribution < 1.29 is 10.2 Å². The first-order valence-corrected chi connectivity index (χ1v) is 6.79. The molecule has 0 aromatic rings. The van der Waals surface area contributed by atoms with Gasteiger partial charge in [-0.25, -0.2) is 0 Å². The van der Waals surface area contributed by atoms with Crippen molar-refractivity contribution in [1.29, 1.82) is 0 Å². The van der Waals surface area contributed by atoms with Crippen LogP contribution in [0.4, 0.5) is 0 Å². The van der Waals surface area contributed by atoms with Gasteiger partial charge in [0.25, 0.3) is 0 Å². The van der Waals surface area contributed by atoms with Crippen LogP contribution in [-0.4, -0.2) is 30.5 Å². The van der Waals surface area contributed by atoms with Crippen LogP contribution < -0.4 is 0 Å². The van der Waals surface area contributed by atoms with Crippen LogP contribution in [0.1, 0.15) is 0 Å². The van der Waals surface area contributed by atoms with E-state index in [1.165, 1.54) is 0 Å². The Balaban J connectivity index is 2.54. The van der Waals surface area contributed by atoms with Crippen molar-refractivity contribution in [3.05, 3.63) is 0 Å². The molecule has 0 radical (unpaired) electrons. The third-order valence-corrected chi connectivity index (χ3v) is 5.01. The highest BCUT2D eigenvalue weighted by molar-refractivity contribution is 6.78. The minimum atomic E-state index is -1.17. The van der Waals surface area contributed by atoms with E-state index in [0.29, 0.717) is 0 Å². The van der Waals surface area contributed by atoms with Crippen LogP contribution >= 0.6 is 0 Å². The third-order valence-electron chi connectivity index (χ3n) is 1.97. The largest absolute Gasteiger partial charge is 0.391 e. The van der Waals surface area contributed by atoms with Crippen molar-refractivity contribution in [3.63, 3.8) is 0 Å². The maximum atomic E-state index is 9.12. The summed E-state index contributed by atoms with van der Waals surface area (Å²) in [5.74, 6) is 0. The third kappa shape index (κ3) is 1.53. The minimum Gasteiger partial charge on any atom is -0.391 e. The topological polar surface area (TPSA) is 40.5 Å². The van der Waals surface area contributed by atoms with Crippen molar-refractivity contribution in [3.8, 4) is 0 Å². The SMILES string of the molecule is C[Si]1(C)C[C@H](O)[C@@H](O)C1. The molecule has 9 heavy (non-hydrogen) atoms. The van der Waals surface area contributed by atoms with Crippen molar-refractivity contribution in [1.82, 2.24) is 0 Å². The Labute approximate surface area is 56.5 Å². The molecule has 2 nitrogen and oxygen atoms in total. The van der Waals surface area contributed by atoms with E-state index in [1.807, 2.05) is 0 Å². The van der Waals surface area contributed by atoms with Crippen LogP contribution in [0.15, 0.2) is 0 Å². The molecule has 3 heteroatoms. The van der Waals surface area contributed by atoms with Gasteiger partial charge < -0.3 is 10.2 Å². The van der Waals surface area contributed by atoms with E-state index in [0.717, 1.165) is 12.1 Å². The number of hydrogen-bond acceptors (Lipinski definition) is 2. The Kier molecular flexibility index (Phi) is 1.67. The quantitative estimate of drug-likeness (QED) is 0.487. The lowest BCUT2D eigenvalue weighted by atomic mass is 10.3. The Bertz CT molecular complexity index is 102. The zero-order chi connectivity index (χ0) is 7.07. The van der Waals surface area contributed by atoms with Crippen molar-refractivity contribution >= 4 is 8.07 Å². The second-order valence-corrected chi connectivity index (χ2v) is 8.85. The number of aliphatic hydroxyl groups excluding tert-OH is 2. The summed E-state index contributed by atoms with van der Waals surface area (Å²) in [6.45, 7) is 4.40. The fourth-order valence-corrected chi connectivity index (χ4v) is 4.46. The standard InChI is InChI=1S/C6H14O2Si/c1-9(2)3-5(7)6(8)4-9/h5-8H,3-4H2,1-2H3/t5-,6-/m0/s1. The van der Waals surface area contributed by atoms with Gasteiger partial charge in [-0.05, 0) is 12.1 Å². The van der Waals surface area contributed by atoms with Crippen LogP contribution in [-0.2, 0) is 0 Å². The molecule has 0 amide bonds. The Hall–Kier alpha value is 0.137. The van der Waals surface area contributed by atoms with Gasteiger partial charge in [-0.1, -0.05) is 13.1 Å². The Morgan fingerprint density at radius 1 is 1.11 bits per heavy atom. The molecule has 0 aromatic carbocycles. The Morgan fingerprint density at radius 2 is 1.44 bits per heavy atom. The molecule has 0 saturated carbocycles. The van der Waals surface area contributed by atoms with Crippen LogP contribution in [0, 0.1) is 0 Å². The fourth-order valence-electron chi connectivity index (χ4n) is 1.49. The van der Waals surface area contributed by atoms with E-state index in [-0.39, 0.29) is 0 Å². The first-order valence-electron chi connectivity index (χ1n) is 3.37. The summed E-state index contributed by atoms with van der Waals surface area (Å²) in [4.78, 5) is 0. The molecule has 0 unspecified atom stereocenters. The smallest absolute Gasteiger partial charge is 0.0773 e. The molecule has 2 N–H and O–H groups in total. The van der Waals surface area contributed by atoms with E-state index in [2.05, 4.69) is 13.1 Å². The molecule has 1 aliphatic heterocycles. The predicted molar refractivity (Wildman–Crippen MR) is 39.1 cm³/mol. The van der Waals surface area contributed by atoms with Gasteiger partial charge in [-0.15, -0.1) is 0 Å². The monoisotopic (exact) mass is 146 g/mol. The van der Waals surface area contributed by atoms with Crippen molar-refractivity contribution in [2.24, 2.45) is 0 Å². The molecule has 54 valence electrons. The molecule has 1 fully saturated rings. The minimum absolute atomic E-state index is 0.424. The van der Waals surface area contributed by atoms with Crippen molar-refractivity contribution in [2.45, 2.75) is 37.4 Å². The summed E-state index contributed by atoms with van der Waals surface area (Å²) in [7, 11) is -1.17. The second kappa shape index (κ2) is 2.07. The van der Waals surface area contributed by atoms with E-state index in [4.69, 9.17) is 10.2 Å². The summed E-state index contributed by atoms with van der Waals surface area (Å²) < 4.78 is 0. The zero-order valence-corrected chi connectivity index (χ0v) is 6.96. The van der Waals surface area contributed by atoms with Crippen molar-refractivity contribution in [2.75, 3.05) is 0 Å². The molecule has 0 bridgehead atoms. The van der Waals surface area contributed by atoms with Gasteiger partial charge in [-0.3, -0.25) is 0 Å². The molecule has 1 saturated heterocycles. The van der Waals surface area contributed by atoms with E-state index in [1.54, 1.807) is 0 Å². The van der Waals surface area contributed by atoms with E-state index < -0.39 is 20.3 Å². The molecular formula is C6H14O2Si. The average molecular weight is 146 g/mol. The molecule has 1 rings (SSSR count). The number of hydrogen-bond donors (Lipinski definition) is 2.